The number of amides is 1. The highest BCUT2D eigenvalue weighted by atomic mass is 32.1. The number of thiazole rings is 1. The maximum absolute atomic E-state index is 12.4. The highest BCUT2D eigenvalue weighted by Crippen LogP contribution is 2.29. The zero-order chi connectivity index (χ0) is 16.1. The van der Waals surface area contributed by atoms with Gasteiger partial charge in [0.2, 0.25) is 0 Å². The second kappa shape index (κ2) is 7.02. The van der Waals surface area contributed by atoms with Gasteiger partial charge in [0.25, 0.3) is 5.91 Å². The van der Waals surface area contributed by atoms with Crippen molar-refractivity contribution < 1.29 is 9.53 Å². The Morgan fingerprint density at radius 2 is 2.00 bits per heavy atom. The van der Waals surface area contributed by atoms with Crippen molar-refractivity contribution in [3.63, 3.8) is 0 Å². The molecule has 0 fully saturated rings. The van der Waals surface area contributed by atoms with E-state index in [1.54, 1.807) is 24.2 Å². The van der Waals surface area contributed by atoms with Crippen LogP contribution in [0.5, 0.6) is 5.75 Å². The van der Waals surface area contributed by atoms with Gasteiger partial charge in [0.05, 0.1) is 18.3 Å². The van der Waals surface area contributed by atoms with Gasteiger partial charge < -0.3 is 10.1 Å². The topological polar surface area (TPSA) is 64.1 Å². The van der Waals surface area contributed by atoms with Gasteiger partial charge in [-0.2, -0.15) is 0 Å². The van der Waals surface area contributed by atoms with Crippen LogP contribution in [0.25, 0.3) is 0 Å². The number of nitrogens with one attached hydrogen (secondary N) is 1. The average molecular weight is 325 g/mol. The Balaban J connectivity index is 1.99. The van der Waals surface area contributed by atoms with E-state index in [0.717, 1.165) is 11.3 Å². The predicted molar refractivity (Wildman–Crippen MR) is 88.7 cm³/mol. The number of hydrogen-bond acceptors (Lipinski definition) is 5. The van der Waals surface area contributed by atoms with E-state index < -0.39 is 6.04 Å². The molecule has 1 N–H and O–H groups in total. The minimum atomic E-state index is -0.415. The monoisotopic (exact) mass is 325 g/mol. The van der Waals surface area contributed by atoms with Crippen molar-refractivity contribution in [1.29, 1.82) is 0 Å². The van der Waals surface area contributed by atoms with Crippen molar-refractivity contribution in [1.82, 2.24) is 15.3 Å². The first-order valence-electron chi connectivity index (χ1n) is 7.02. The molecule has 0 bridgehead atoms. The van der Waals surface area contributed by atoms with Crippen molar-refractivity contribution in [2.24, 2.45) is 0 Å². The number of methoxy groups -OCH3 is 1. The molecule has 0 saturated carbocycles. The number of hydrogen-bond donors (Lipinski definition) is 1. The number of para-hydroxylation sites is 1. The number of rotatable bonds is 5. The Bertz CT molecular complexity index is 776. The lowest BCUT2D eigenvalue weighted by molar-refractivity contribution is 0.0937. The molecular formula is C17H15N3O2S. The molecule has 0 aliphatic rings. The van der Waals surface area contributed by atoms with Crippen molar-refractivity contribution in [3.8, 4) is 5.75 Å². The first-order valence-corrected chi connectivity index (χ1v) is 7.97. The predicted octanol–water partition coefficient (Wildman–Crippen LogP) is 3.07. The van der Waals surface area contributed by atoms with Crippen molar-refractivity contribution in [2.45, 2.75) is 6.04 Å². The molecule has 0 aliphatic carbocycles. The van der Waals surface area contributed by atoms with Gasteiger partial charge in [0.1, 0.15) is 17.5 Å². The summed E-state index contributed by atoms with van der Waals surface area (Å²) < 4.78 is 5.43. The Morgan fingerprint density at radius 1 is 1.17 bits per heavy atom. The molecule has 2 aromatic heterocycles. The van der Waals surface area contributed by atoms with Crippen molar-refractivity contribution >= 4 is 17.2 Å². The molecule has 2 heterocycles. The fraction of sp³-hybridized carbons (Fsp3) is 0.118. The standard InChI is InChI=1S/C17H15N3O2S/c1-22-15-8-3-2-6-12(15)16(13-7-4-5-9-18-13)20-17(21)14-10-23-11-19-14/h2-11,16H,1H3,(H,20,21)/t16-/m1/s1. The first-order chi connectivity index (χ1) is 11.3. The third kappa shape index (κ3) is 3.37. The summed E-state index contributed by atoms with van der Waals surface area (Å²) in [6.45, 7) is 0. The highest BCUT2D eigenvalue weighted by Gasteiger charge is 2.22. The van der Waals surface area contributed by atoms with Gasteiger partial charge in [-0.05, 0) is 18.2 Å². The molecule has 0 saturated heterocycles. The molecule has 1 amide bonds. The zero-order valence-electron chi connectivity index (χ0n) is 12.5. The van der Waals surface area contributed by atoms with Gasteiger partial charge >= 0.3 is 0 Å². The van der Waals surface area contributed by atoms with Crippen molar-refractivity contribution in [3.05, 3.63) is 76.5 Å². The average Bonchev–Trinajstić information content (AvgIpc) is 3.15. The normalized spacial score (nSPS) is 11.7. The Morgan fingerprint density at radius 3 is 2.70 bits per heavy atom. The maximum atomic E-state index is 12.4. The number of aromatic nitrogens is 2. The lowest BCUT2D eigenvalue weighted by atomic mass is 10.0. The fourth-order valence-electron chi connectivity index (χ4n) is 2.29. The fourth-order valence-corrected chi connectivity index (χ4v) is 2.82. The van der Waals surface area contributed by atoms with Crippen LogP contribution in [0.4, 0.5) is 0 Å². The number of carbonyl (C=O) groups is 1. The summed E-state index contributed by atoms with van der Waals surface area (Å²) in [6, 6.07) is 12.8. The van der Waals surface area contributed by atoms with Gasteiger partial charge in [0.15, 0.2) is 0 Å². The van der Waals surface area contributed by atoms with E-state index >= 15 is 0 Å². The molecule has 0 radical (unpaired) electrons. The van der Waals surface area contributed by atoms with E-state index in [1.807, 2.05) is 42.5 Å². The lowest BCUT2D eigenvalue weighted by Gasteiger charge is -2.20. The molecule has 5 nitrogen and oxygen atoms in total. The van der Waals surface area contributed by atoms with Crippen LogP contribution in [0.2, 0.25) is 0 Å². The summed E-state index contributed by atoms with van der Waals surface area (Å²) in [6.07, 6.45) is 1.70. The third-order valence-corrected chi connectivity index (χ3v) is 3.96. The van der Waals surface area contributed by atoms with Gasteiger partial charge in [-0.1, -0.05) is 24.3 Å². The summed E-state index contributed by atoms with van der Waals surface area (Å²) >= 11 is 1.38. The third-order valence-electron chi connectivity index (χ3n) is 3.37. The number of pyridine rings is 1. The van der Waals surface area contributed by atoms with Crippen LogP contribution >= 0.6 is 11.3 Å². The number of carbonyl (C=O) groups excluding carboxylic acids is 1. The van der Waals surface area contributed by atoms with Crippen LogP contribution in [0.15, 0.2) is 59.6 Å². The molecule has 116 valence electrons. The van der Waals surface area contributed by atoms with E-state index in [1.165, 1.54) is 11.3 Å². The van der Waals surface area contributed by atoms with E-state index in [9.17, 15) is 4.79 Å². The van der Waals surface area contributed by atoms with Gasteiger partial charge in [-0.25, -0.2) is 4.98 Å². The van der Waals surface area contributed by atoms with Gasteiger partial charge in [-0.15, -0.1) is 11.3 Å². The van der Waals surface area contributed by atoms with Crippen LogP contribution in [0.3, 0.4) is 0 Å². The minimum Gasteiger partial charge on any atom is -0.496 e. The Labute approximate surface area is 138 Å². The lowest BCUT2D eigenvalue weighted by Crippen LogP contribution is -2.30. The molecule has 0 spiro atoms. The van der Waals surface area contributed by atoms with E-state index in [4.69, 9.17) is 4.74 Å². The second-order valence-electron chi connectivity index (χ2n) is 4.78. The van der Waals surface area contributed by atoms with Crippen LogP contribution in [-0.4, -0.2) is 23.0 Å². The summed E-state index contributed by atoms with van der Waals surface area (Å²) in [5, 5.41) is 4.70. The summed E-state index contributed by atoms with van der Waals surface area (Å²) in [7, 11) is 1.61. The van der Waals surface area contributed by atoms with Gasteiger partial charge in [-0.3, -0.25) is 9.78 Å². The summed E-state index contributed by atoms with van der Waals surface area (Å²) in [5.41, 5.74) is 3.61. The number of ether oxygens (including phenoxy) is 1. The smallest absolute Gasteiger partial charge is 0.271 e. The van der Waals surface area contributed by atoms with Crippen LogP contribution in [0, 0.1) is 0 Å². The first kappa shape index (κ1) is 15.2. The molecule has 3 aromatic rings. The molecule has 23 heavy (non-hydrogen) atoms. The van der Waals surface area contributed by atoms with Gasteiger partial charge in [0, 0.05) is 17.1 Å². The van der Waals surface area contributed by atoms with Crippen LogP contribution in [0.1, 0.15) is 27.8 Å². The maximum Gasteiger partial charge on any atom is 0.271 e. The number of benzene rings is 1. The quantitative estimate of drug-likeness (QED) is 0.783. The molecule has 1 atom stereocenters. The number of nitrogens with zero attached hydrogens (tertiary/aromatic N) is 2. The largest absolute Gasteiger partial charge is 0.496 e. The second-order valence-corrected chi connectivity index (χ2v) is 5.50. The zero-order valence-corrected chi connectivity index (χ0v) is 13.3. The van der Waals surface area contributed by atoms with E-state index in [0.29, 0.717) is 11.4 Å². The molecule has 0 unspecified atom stereocenters. The molecule has 3 rings (SSSR count). The Kier molecular flexibility index (Phi) is 4.63. The molecule has 1 aromatic carbocycles. The minimum absolute atomic E-state index is 0.243. The molecule has 6 heteroatoms. The van der Waals surface area contributed by atoms with Crippen LogP contribution < -0.4 is 10.1 Å². The Hall–Kier alpha value is -2.73. The van der Waals surface area contributed by atoms with E-state index in [2.05, 4.69) is 15.3 Å². The van der Waals surface area contributed by atoms with Crippen LogP contribution in [-0.2, 0) is 0 Å². The SMILES string of the molecule is COc1ccccc1[C@@H](NC(=O)c1cscn1)c1ccccn1. The highest BCUT2D eigenvalue weighted by molar-refractivity contribution is 7.07. The van der Waals surface area contributed by atoms with E-state index in [-0.39, 0.29) is 5.91 Å². The van der Waals surface area contributed by atoms with Crippen molar-refractivity contribution in [2.75, 3.05) is 7.11 Å². The molecule has 0 aliphatic heterocycles. The molecular weight excluding hydrogens is 310 g/mol. The summed E-state index contributed by atoms with van der Waals surface area (Å²) in [5.74, 6) is 0.453. The summed E-state index contributed by atoms with van der Waals surface area (Å²) in [4.78, 5) is 20.9.